The van der Waals surface area contributed by atoms with Crippen LogP contribution in [0.1, 0.15) is 42.9 Å². The Bertz CT molecular complexity index is 989. The molecule has 1 aliphatic heterocycles. The lowest BCUT2D eigenvalue weighted by molar-refractivity contribution is -0.144. The zero-order chi connectivity index (χ0) is 22.8. The van der Waals surface area contributed by atoms with Crippen molar-refractivity contribution in [1.82, 2.24) is 4.90 Å². The Morgan fingerprint density at radius 1 is 1.10 bits per heavy atom. The van der Waals surface area contributed by atoms with Crippen molar-refractivity contribution in [2.24, 2.45) is 11.1 Å². The fourth-order valence-electron chi connectivity index (χ4n) is 4.20. The topological polar surface area (TPSA) is 75.4 Å². The van der Waals surface area contributed by atoms with Crippen LogP contribution >= 0.6 is 0 Å². The number of nitrogens with one attached hydrogen (secondary N) is 1. The third-order valence-electron chi connectivity index (χ3n) is 6.05. The summed E-state index contributed by atoms with van der Waals surface area (Å²) >= 11 is 0. The molecule has 9 heteroatoms. The molecule has 0 radical (unpaired) electrons. The van der Waals surface area contributed by atoms with Crippen LogP contribution in [0.25, 0.3) is 0 Å². The van der Waals surface area contributed by atoms with E-state index in [9.17, 15) is 21.6 Å². The summed E-state index contributed by atoms with van der Waals surface area (Å²) in [5.41, 5.74) is 0.736. The Balaban J connectivity index is 1.97. The molecule has 5 nitrogen and oxygen atoms in total. The molecule has 170 valence electrons. The molecular formula is C22H28F3N3O2S. The average Bonchev–Trinajstić information content (AvgIpc) is 2.71. The number of alkyl halides is 3. The SMILES string of the molecule is C[C@@H](c1cc(NC(c2ccccc2)C(F)(F)F)ccc1S(N)(=O)=O)C1CCN(C)CC1. The minimum Gasteiger partial charge on any atom is -0.370 e. The minimum atomic E-state index is -4.53. The van der Waals surface area contributed by atoms with Crippen molar-refractivity contribution in [2.75, 3.05) is 25.5 Å². The molecule has 1 unspecified atom stereocenters. The predicted octanol–water partition coefficient (Wildman–Crippen LogP) is 4.49. The van der Waals surface area contributed by atoms with Crippen LogP contribution in [0.2, 0.25) is 0 Å². The Hall–Kier alpha value is -2.10. The number of hydrogen-bond acceptors (Lipinski definition) is 4. The number of likely N-dealkylation sites (tertiary alicyclic amines) is 1. The lowest BCUT2D eigenvalue weighted by Crippen LogP contribution is -2.32. The third kappa shape index (κ3) is 5.78. The number of benzene rings is 2. The summed E-state index contributed by atoms with van der Waals surface area (Å²) in [5.74, 6) is 0.0596. The maximum Gasteiger partial charge on any atom is 0.412 e. The molecule has 2 atom stereocenters. The van der Waals surface area contributed by atoms with E-state index in [0.717, 1.165) is 25.9 Å². The molecule has 1 aliphatic rings. The minimum absolute atomic E-state index is 0.0345. The van der Waals surface area contributed by atoms with Crippen LogP contribution < -0.4 is 10.5 Å². The van der Waals surface area contributed by atoms with E-state index in [1.165, 1.54) is 30.3 Å². The highest BCUT2D eigenvalue weighted by molar-refractivity contribution is 7.89. The van der Waals surface area contributed by atoms with E-state index in [2.05, 4.69) is 10.2 Å². The third-order valence-corrected chi connectivity index (χ3v) is 7.03. The molecular weight excluding hydrogens is 427 g/mol. The predicted molar refractivity (Wildman–Crippen MR) is 115 cm³/mol. The van der Waals surface area contributed by atoms with E-state index in [4.69, 9.17) is 5.14 Å². The van der Waals surface area contributed by atoms with Gasteiger partial charge in [-0.1, -0.05) is 37.3 Å². The summed E-state index contributed by atoms with van der Waals surface area (Å²) in [6, 6.07) is 9.80. The van der Waals surface area contributed by atoms with Crippen molar-refractivity contribution in [3.63, 3.8) is 0 Å². The largest absolute Gasteiger partial charge is 0.412 e. The smallest absolute Gasteiger partial charge is 0.370 e. The molecule has 0 aliphatic carbocycles. The second-order valence-corrected chi connectivity index (χ2v) is 9.79. The van der Waals surface area contributed by atoms with Crippen molar-refractivity contribution < 1.29 is 21.6 Å². The summed E-state index contributed by atoms with van der Waals surface area (Å²) in [7, 11) is -1.98. The standard InChI is InChI=1S/C22H28F3N3O2S/c1-15(16-10-12-28(2)13-11-16)19-14-18(8-9-20(19)31(26,29)30)27-21(22(23,24)25)17-6-4-3-5-7-17/h3-9,14-16,21,27H,10-13H2,1-2H3,(H2,26,29,30)/t15-,21?/m1/s1. The number of halogens is 3. The van der Waals surface area contributed by atoms with E-state index in [0.29, 0.717) is 5.56 Å². The first-order valence-corrected chi connectivity index (χ1v) is 11.7. The first kappa shape index (κ1) is 23.6. The molecule has 0 bridgehead atoms. The van der Waals surface area contributed by atoms with Crippen molar-refractivity contribution in [1.29, 1.82) is 0 Å². The van der Waals surface area contributed by atoms with Gasteiger partial charge in [0.05, 0.1) is 4.90 Å². The van der Waals surface area contributed by atoms with Crippen molar-refractivity contribution in [3.8, 4) is 0 Å². The monoisotopic (exact) mass is 455 g/mol. The van der Waals surface area contributed by atoms with Gasteiger partial charge in [0, 0.05) is 5.69 Å². The number of nitrogens with zero attached hydrogens (tertiary/aromatic N) is 1. The van der Waals surface area contributed by atoms with E-state index in [1.807, 2.05) is 14.0 Å². The average molecular weight is 456 g/mol. The van der Waals surface area contributed by atoms with Crippen LogP contribution in [0.5, 0.6) is 0 Å². The summed E-state index contributed by atoms with van der Waals surface area (Å²) in [6.07, 6.45) is -2.76. The van der Waals surface area contributed by atoms with Crippen molar-refractivity contribution in [2.45, 2.75) is 42.8 Å². The van der Waals surface area contributed by atoms with Crippen LogP contribution in [-0.2, 0) is 10.0 Å². The van der Waals surface area contributed by atoms with Crippen LogP contribution in [0.15, 0.2) is 53.4 Å². The molecule has 1 saturated heterocycles. The number of hydrogen-bond donors (Lipinski definition) is 2. The highest BCUT2D eigenvalue weighted by atomic mass is 32.2. The fourth-order valence-corrected chi connectivity index (χ4v) is 5.03. The molecule has 1 heterocycles. The molecule has 0 amide bonds. The number of anilines is 1. The van der Waals surface area contributed by atoms with Gasteiger partial charge in [-0.25, -0.2) is 13.6 Å². The quantitative estimate of drug-likeness (QED) is 0.673. The number of primary sulfonamides is 1. The Morgan fingerprint density at radius 3 is 2.26 bits per heavy atom. The van der Waals surface area contributed by atoms with Gasteiger partial charge in [-0.3, -0.25) is 0 Å². The van der Waals surface area contributed by atoms with E-state index < -0.39 is 22.2 Å². The Morgan fingerprint density at radius 2 is 1.71 bits per heavy atom. The van der Waals surface area contributed by atoms with Crippen molar-refractivity contribution in [3.05, 3.63) is 59.7 Å². The van der Waals surface area contributed by atoms with Gasteiger partial charge in [0.2, 0.25) is 10.0 Å². The molecule has 0 spiro atoms. The number of rotatable bonds is 6. The highest BCUT2D eigenvalue weighted by Gasteiger charge is 2.41. The maximum atomic E-state index is 13.8. The van der Waals surface area contributed by atoms with Crippen LogP contribution in [-0.4, -0.2) is 39.6 Å². The molecule has 0 aromatic heterocycles. The summed E-state index contributed by atoms with van der Waals surface area (Å²) in [6.45, 7) is 3.70. The molecule has 2 aromatic carbocycles. The van der Waals surface area contributed by atoms with Gasteiger partial charge in [-0.2, -0.15) is 13.2 Å². The van der Waals surface area contributed by atoms with Gasteiger partial charge in [0.15, 0.2) is 0 Å². The molecule has 1 fully saturated rings. The van der Waals surface area contributed by atoms with Gasteiger partial charge < -0.3 is 10.2 Å². The first-order chi connectivity index (χ1) is 14.5. The Labute approximate surface area is 181 Å². The summed E-state index contributed by atoms with van der Waals surface area (Å²) < 4.78 is 65.6. The van der Waals surface area contributed by atoms with Gasteiger partial charge in [-0.05, 0) is 74.1 Å². The van der Waals surface area contributed by atoms with E-state index >= 15 is 0 Å². The lowest BCUT2D eigenvalue weighted by atomic mass is 9.81. The highest BCUT2D eigenvalue weighted by Crippen LogP contribution is 2.39. The zero-order valence-electron chi connectivity index (χ0n) is 17.6. The van der Waals surface area contributed by atoms with Crippen LogP contribution in [0.3, 0.4) is 0 Å². The van der Waals surface area contributed by atoms with Crippen molar-refractivity contribution >= 4 is 15.7 Å². The van der Waals surface area contributed by atoms with E-state index in [-0.39, 0.29) is 28.0 Å². The van der Waals surface area contributed by atoms with Gasteiger partial charge in [-0.15, -0.1) is 0 Å². The number of piperidine rings is 1. The Kier molecular flexibility index (Phi) is 6.98. The van der Waals surface area contributed by atoms with Crippen LogP contribution in [0, 0.1) is 5.92 Å². The second-order valence-electron chi connectivity index (χ2n) is 8.26. The fraction of sp³-hybridized carbons (Fsp3) is 0.455. The summed E-state index contributed by atoms with van der Waals surface area (Å²) in [4.78, 5) is 2.17. The normalized spacial score (nSPS) is 18.5. The zero-order valence-corrected chi connectivity index (χ0v) is 18.4. The van der Waals surface area contributed by atoms with Crippen LogP contribution in [0.4, 0.5) is 18.9 Å². The number of nitrogens with two attached hydrogens (primary N) is 1. The lowest BCUT2D eigenvalue weighted by Gasteiger charge is -2.33. The molecule has 31 heavy (non-hydrogen) atoms. The molecule has 0 saturated carbocycles. The van der Waals surface area contributed by atoms with E-state index in [1.54, 1.807) is 18.2 Å². The molecule has 3 rings (SSSR count). The molecule has 2 aromatic rings. The summed E-state index contributed by atoms with van der Waals surface area (Å²) in [5, 5.41) is 7.97. The first-order valence-electron chi connectivity index (χ1n) is 10.2. The van der Waals surface area contributed by atoms with Gasteiger partial charge >= 0.3 is 6.18 Å². The molecule has 3 N–H and O–H groups in total. The second kappa shape index (κ2) is 9.18. The number of sulfonamides is 1. The van der Waals surface area contributed by atoms with Gasteiger partial charge in [0.1, 0.15) is 6.04 Å². The maximum absolute atomic E-state index is 13.8. The van der Waals surface area contributed by atoms with Gasteiger partial charge in [0.25, 0.3) is 0 Å².